The first-order valence-electron chi connectivity index (χ1n) is 9.52. The Balaban J connectivity index is 1.47. The van der Waals surface area contributed by atoms with Gasteiger partial charge in [0.1, 0.15) is 11.5 Å². The molecule has 2 N–H and O–H groups in total. The van der Waals surface area contributed by atoms with Crippen molar-refractivity contribution < 1.29 is 14.3 Å². The number of carbonyl (C=O) groups is 2. The summed E-state index contributed by atoms with van der Waals surface area (Å²) in [6.45, 7) is 2.16. The minimum absolute atomic E-state index is 0.00960. The van der Waals surface area contributed by atoms with Crippen molar-refractivity contribution in [1.29, 1.82) is 0 Å². The predicted molar refractivity (Wildman–Crippen MR) is 105 cm³/mol. The highest BCUT2D eigenvalue weighted by molar-refractivity contribution is 5.96. The maximum absolute atomic E-state index is 12.2. The fraction of sp³-hybridized carbons (Fsp3) is 0.364. The van der Waals surface area contributed by atoms with Gasteiger partial charge in [0.05, 0.1) is 6.54 Å². The molecule has 2 atom stereocenters. The monoisotopic (exact) mass is 366 g/mol. The lowest BCUT2D eigenvalue weighted by Gasteiger charge is -2.29. The van der Waals surface area contributed by atoms with E-state index in [1.165, 1.54) is 6.42 Å². The maximum Gasteiger partial charge on any atom is 0.251 e. The third kappa shape index (κ3) is 5.58. The molecule has 27 heavy (non-hydrogen) atoms. The van der Waals surface area contributed by atoms with Gasteiger partial charge in [-0.15, -0.1) is 0 Å². The summed E-state index contributed by atoms with van der Waals surface area (Å²) >= 11 is 0. The average Bonchev–Trinajstić information content (AvgIpc) is 2.69. The van der Waals surface area contributed by atoms with E-state index in [9.17, 15) is 9.59 Å². The lowest BCUT2D eigenvalue weighted by atomic mass is 9.86. The third-order valence-corrected chi connectivity index (χ3v) is 4.96. The van der Waals surface area contributed by atoms with Crippen molar-refractivity contribution in [3.8, 4) is 11.5 Å². The molecule has 0 unspecified atom stereocenters. The molecule has 142 valence electrons. The number of rotatable bonds is 6. The van der Waals surface area contributed by atoms with E-state index in [0.29, 0.717) is 17.2 Å². The Kier molecular flexibility index (Phi) is 6.47. The van der Waals surface area contributed by atoms with Gasteiger partial charge in [-0.3, -0.25) is 9.59 Å². The molecule has 1 aliphatic carbocycles. The number of amides is 2. The molecular weight excluding hydrogens is 340 g/mol. The SMILES string of the molecule is C[C@@H]1CCCC[C@@H]1NC(=O)CNC(=O)c1ccc(Oc2ccccc2)cc1. The molecule has 0 heterocycles. The fourth-order valence-electron chi connectivity index (χ4n) is 3.35. The lowest BCUT2D eigenvalue weighted by molar-refractivity contribution is -0.121. The van der Waals surface area contributed by atoms with Crippen molar-refractivity contribution in [3.05, 3.63) is 60.2 Å². The van der Waals surface area contributed by atoms with E-state index in [1.807, 2.05) is 30.3 Å². The summed E-state index contributed by atoms with van der Waals surface area (Å²) in [7, 11) is 0. The second-order valence-corrected chi connectivity index (χ2v) is 7.06. The molecule has 0 bridgehead atoms. The quantitative estimate of drug-likeness (QED) is 0.815. The van der Waals surface area contributed by atoms with E-state index in [1.54, 1.807) is 24.3 Å². The number of para-hydroxylation sites is 1. The van der Waals surface area contributed by atoms with E-state index < -0.39 is 0 Å². The van der Waals surface area contributed by atoms with Gasteiger partial charge < -0.3 is 15.4 Å². The van der Waals surface area contributed by atoms with Crippen LogP contribution in [0.2, 0.25) is 0 Å². The van der Waals surface area contributed by atoms with Crippen molar-refractivity contribution in [1.82, 2.24) is 10.6 Å². The standard InChI is InChI=1S/C22H26N2O3/c1-16-7-5-6-10-20(16)24-21(25)15-23-22(26)17-11-13-19(14-12-17)27-18-8-3-2-4-9-18/h2-4,8-9,11-14,16,20H,5-7,10,15H2,1H3,(H,23,26)(H,24,25)/t16-,20+/m1/s1. The van der Waals surface area contributed by atoms with Crippen LogP contribution in [0.5, 0.6) is 11.5 Å². The molecule has 1 fully saturated rings. The zero-order valence-corrected chi connectivity index (χ0v) is 15.6. The highest BCUT2D eigenvalue weighted by Crippen LogP contribution is 2.23. The molecule has 5 nitrogen and oxygen atoms in total. The second kappa shape index (κ2) is 9.21. The Morgan fingerprint density at radius 1 is 0.963 bits per heavy atom. The van der Waals surface area contributed by atoms with Crippen LogP contribution in [0, 0.1) is 5.92 Å². The van der Waals surface area contributed by atoms with Gasteiger partial charge in [-0.05, 0) is 55.2 Å². The summed E-state index contributed by atoms with van der Waals surface area (Å²) in [5.41, 5.74) is 0.495. The van der Waals surface area contributed by atoms with Gasteiger partial charge >= 0.3 is 0 Å². The van der Waals surface area contributed by atoms with Crippen molar-refractivity contribution in [2.24, 2.45) is 5.92 Å². The van der Waals surface area contributed by atoms with E-state index in [0.717, 1.165) is 25.0 Å². The van der Waals surface area contributed by atoms with Gasteiger partial charge in [0.15, 0.2) is 0 Å². The number of hydrogen-bond donors (Lipinski definition) is 2. The molecular formula is C22H26N2O3. The van der Waals surface area contributed by atoms with Gasteiger partial charge in [0, 0.05) is 11.6 Å². The van der Waals surface area contributed by atoms with Gasteiger partial charge in [-0.2, -0.15) is 0 Å². The average molecular weight is 366 g/mol. The lowest BCUT2D eigenvalue weighted by Crippen LogP contribution is -2.45. The third-order valence-electron chi connectivity index (χ3n) is 4.96. The molecule has 2 amide bonds. The first-order valence-corrected chi connectivity index (χ1v) is 9.52. The summed E-state index contributed by atoms with van der Waals surface area (Å²) in [5.74, 6) is 1.49. The number of nitrogens with one attached hydrogen (secondary N) is 2. The molecule has 0 saturated heterocycles. The minimum atomic E-state index is -0.270. The van der Waals surface area contributed by atoms with Gasteiger partial charge in [-0.25, -0.2) is 0 Å². The van der Waals surface area contributed by atoms with Gasteiger partial charge in [0.25, 0.3) is 5.91 Å². The molecule has 0 aliphatic heterocycles. The van der Waals surface area contributed by atoms with Crippen molar-refractivity contribution >= 4 is 11.8 Å². The number of hydrogen-bond acceptors (Lipinski definition) is 3. The Hall–Kier alpha value is -2.82. The fourth-order valence-corrected chi connectivity index (χ4v) is 3.35. The van der Waals surface area contributed by atoms with Crippen LogP contribution < -0.4 is 15.4 Å². The molecule has 2 aromatic carbocycles. The van der Waals surface area contributed by atoms with E-state index >= 15 is 0 Å². The summed E-state index contributed by atoms with van der Waals surface area (Å²) in [5, 5.41) is 5.72. The van der Waals surface area contributed by atoms with Crippen LogP contribution in [-0.2, 0) is 4.79 Å². The van der Waals surface area contributed by atoms with Crippen LogP contribution in [0.15, 0.2) is 54.6 Å². The summed E-state index contributed by atoms with van der Waals surface area (Å²) in [6.07, 6.45) is 4.55. The molecule has 0 aromatic heterocycles. The zero-order valence-electron chi connectivity index (χ0n) is 15.6. The molecule has 0 spiro atoms. The summed E-state index contributed by atoms with van der Waals surface area (Å²) in [6, 6.07) is 16.5. The zero-order chi connectivity index (χ0) is 19.1. The second-order valence-electron chi connectivity index (χ2n) is 7.06. The van der Waals surface area contributed by atoms with Crippen LogP contribution in [0.4, 0.5) is 0 Å². The van der Waals surface area contributed by atoms with E-state index in [4.69, 9.17) is 4.74 Å². The molecule has 0 radical (unpaired) electrons. The van der Waals surface area contributed by atoms with Crippen LogP contribution >= 0.6 is 0 Å². The van der Waals surface area contributed by atoms with E-state index in [2.05, 4.69) is 17.6 Å². The highest BCUT2D eigenvalue weighted by atomic mass is 16.5. The van der Waals surface area contributed by atoms with Crippen molar-refractivity contribution in [2.75, 3.05) is 6.54 Å². The smallest absolute Gasteiger partial charge is 0.251 e. The molecule has 1 aliphatic rings. The molecule has 5 heteroatoms. The number of ether oxygens (including phenoxy) is 1. The molecule has 3 rings (SSSR count). The Morgan fingerprint density at radius 2 is 1.63 bits per heavy atom. The van der Waals surface area contributed by atoms with Crippen LogP contribution in [0.25, 0.3) is 0 Å². The van der Waals surface area contributed by atoms with Gasteiger partial charge in [-0.1, -0.05) is 38.0 Å². The maximum atomic E-state index is 12.2. The number of carbonyl (C=O) groups excluding carboxylic acids is 2. The van der Waals surface area contributed by atoms with Crippen LogP contribution in [-0.4, -0.2) is 24.4 Å². The van der Waals surface area contributed by atoms with Crippen molar-refractivity contribution in [2.45, 2.75) is 38.6 Å². The summed E-state index contributed by atoms with van der Waals surface area (Å²) < 4.78 is 5.71. The summed E-state index contributed by atoms with van der Waals surface area (Å²) in [4.78, 5) is 24.3. The van der Waals surface area contributed by atoms with Crippen LogP contribution in [0.1, 0.15) is 43.0 Å². The Labute approximate surface area is 160 Å². The Bertz CT molecular complexity index is 759. The highest BCUT2D eigenvalue weighted by Gasteiger charge is 2.22. The largest absolute Gasteiger partial charge is 0.457 e. The molecule has 1 saturated carbocycles. The first kappa shape index (κ1) is 19.0. The van der Waals surface area contributed by atoms with E-state index in [-0.39, 0.29) is 24.4 Å². The molecule has 2 aromatic rings. The normalized spacial score (nSPS) is 19.1. The van der Waals surface area contributed by atoms with Crippen LogP contribution in [0.3, 0.4) is 0 Å². The van der Waals surface area contributed by atoms with Gasteiger partial charge in [0.2, 0.25) is 5.91 Å². The number of benzene rings is 2. The Morgan fingerprint density at radius 3 is 2.33 bits per heavy atom. The van der Waals surface area contributed by atoms with Crippen molar-refractivity contribution in [3.63, 3.8) is 0 Å². The topological polar surface area (TPSA) is 67.4 Å². The minimum Gasteiger partial charge on any atom is -0.457 e. The first-order chi connectivity index (χ1) is 13.1. The predicted octanol–water partition coefficient (Wildman–Crippen LogP) is 3.90.